The van der Waals surface area contributed by atoms with Gasteiger partial charge in [0.2, 0.25) is 0 Å². The molecule has 0 N–H and O–H groups in total. The largest absolute Gasteiger partial charge is 0.223 e. The number of hydrogen-bond acceptors (Lipinski definition) is 3. The summed E-state index contributed by atoms with van der Waals surface area (Å²) in [5.74, 6) is -0.791. The van der Waals surface area contributed by atoms with Crippen molar-refractivity contribution in [1.82, 2.24) is 0 Å². The van der Waals surface area contributed by atoms with Gasteiger partial charge in [0.25, 0.3) is 0 Å². The predicted molar refractivity (Wildman–Crippen MR) is 88.4 cm³/mol. The first-order valence-corrected chi connectivity index (χ1v) is 9.31. The van der Waals surface area contributed by atoms with Crippen molar-refractivity contribution in [3.05, 3.63) is 63.6 Å². The first kappa shape index (κ1) is 15.5. The summed E-state index contributed by atoms with van der Waals surface area (Å²) in [4.78, 5) is 0.210. The van der Waals surface area contributed by atoms with E-state index in [0.29, 0.717) is 5.02 Å². The fourth-order valence-electron chi connectivity index (χ4n) is 2.69. The monoisotopic (exact) mass is 395 g/mol. The first-order valence-electron chi connectivity index (χ1n) is 6.59. The zero-order valence-corrected chi connectivity index (χ0v) is 14.4. The molecule has 0 radical (unpaired) electrons. The Hall–Kier alpha value is -1.35. The zero-order valence-electron chi connectivity index (χ0n) is 11.3. The van der Waals surface area contributed by atoms with Crippen molar-refractivity contribution in [3.63, 3.8) is 0 Å². The summed E-state index contributed by atoms with van der Waals surface area (Å²) in [6, 6.07) is 15.6. The molecule has 3 nitrogen and oxygen atoms in total. The lowest BCUT2D eigenvalue weighted by atomic mass is 10.1. The number of sulfone groups is 1. The fraction of sp³-hybridized carbons (Fsp3) is 0.188. The van der Waals surface area contributed by atoms with E-state index in [4.69, 9.17) is 11.6 Å². The fourth-order valence-corrected chi connectivity index (χ4v) is 5.14. The van der Waals surface area contributed by atoms with Gasteiger partial charge in [-0.15, -0.1) is 0 Å². The lowest BCUT2D eigenvalue weighted by Crippen LogP contribution is -2.10. The van der Waals surface area contributed by atoms with Crippen LogP contribution in [-0.4, -0.2) is 13.7 Å². The molecule has 0 unspecified atom stereocenters. The van der Waals surface area contributed by atoms with E-state index >= 15 is 0 Å². The molecule has 6 heteroatoms. The van der Waals surface area contributed by atoms with Crippen LogP contribution in [0.5, 0.6) is 0 Å². The van der Waals surface area contributed by atoms with Crippen molar-refractivity contribution >= 4 is 37.4 Å². The molecule has 3 rings (SSSR count). The highest BCUT2D eigenvalue weighted by atomic mass is 79.9. The van der Waals surface area contributed by atoms with Gasteiger partial charge in [-0.25, -0.2) is 8.42 Å². The summed E-state index contributed by atoms with van der Waals surface area (Å²) in [5, 5.41) is 9.06. The Morgan fingerprint density at radius 1 is 1.05 bits per heavy atom. The topological polar surface area (TPSA) is 57.9 Å². The Balaban J connectivity index is 1.95. The number of nitriles is 1. The molecule has 2 aromatic rings. The van der Waals surface area contributed by atoms with Crippen LogP contribution in [0.3, 0.4) is 0 Å². The smallest absolute Gasteiger partial charge is 0.183 e. The molecule has 2 aromatic carbocycles. The summed E-state index contributed by atoms with van der Waals surface area (Å²) in [7, 11) is -3.54. The molecule has 0 saturated heterocycles. The number of rotatable bonds is 3. The average molecular weight is 397 g/mol. The van der Waals surface area contributed by atoms with E-state index in [9.17, 15) is 13.7 Å². The van der Waals surface area contributed by atoms with Crippen LogP contribution in [0.1, 0.15) is 11.5 Å². The minimum absolute atomic E-state index is 0.210. The molecule has 0 bridgehead atoms. The molecule has 112 valence electrons. The van der Waals surface area contributed by atoms with E-state index < -0.39 is 21.0 Å². The standard InChI is InChI=1S/C16H11BrClNO2S/c17-11-3-1-10(2-4-11)15-14(9-19)16(15)22(20,21)13-7-5-12(18)6-8-13/h1-8,14-16H/t14-,15-,16+/m0/s1. The summed E-state index contributed by atoms with van der Waals surface area (Å²) in [6.07, 6.45) is 0. The molecule has 1 fully saturated rings. The normalized spacial score (nSPS) is 23.8. The van der Waals surface area contributed by atoms with Crippen molar-refractivity contribution in [2.45, 2.75) is 16.1 Å². The van der Waals surface area contributed by atoms with Crippen LogP contribution in [0.2, 0.25) is 5.02 Å². The molecule has 3 atom stereocenters. The van der Waals surface area contributed by atoms with Crippen LogP contribution < -0.4 is 0 Å². The van der Waals surface area contributed by atoms with E-state index in [1.54, 1.807) is 12.1 Å². The summed E-state index contributed by atoms with van der Waals surface area (Å²) in [5.41, 5.74) is 0.872. The summed E-state index contributed by atoms with van der Waals surface area (Å²) < 4.78 is 26.4. The number of nitrogens with zero attached hydrogens (tertiary/aromatic N) is 1. The zero-order chi connectivity index (χ0) is 15.9. The quantitative estimate of drug-likeness (QED) is 0.782. The Labute approximate surface area is 142 Å². The molecule has 1 aliphatic rings. The van der Waals surface area contributed by atoms with Gasteiger partial charge in [-0.2, -0.15) is 5.26 Å². The predicted octanol–water partition coefficient (Wildman–Crippen LogP) is 4.18. The molecule has 0 spiro atoms. The Kier molecular flexibility index (Phi) is 4.02. The highest BCUT2D eigenvalue weighted by molar-refractivity contribution is 9.10. The van der Waals surface area contributed by atoms with Gasteiger partial charge >= 0.3 is 0 Å². The minimum atomic E-state index is -3.54. The Morgan fingerprint density at radius 2 is 1.64 bits per heavy atom. The maximum absolute atomic E-state index is 12.7. The third-order valence-corrected chi connectivity index (χ3v) is 6.87. The molecular weight excluding hydrogens is 386 g/mol. The van der Waals surface area contributed by atoms with Gasteiger partial charge in [-0.05, 0) is 42.0 Å². The van der Waals surface area contributed by atoms with Crippen molar-refractivity contribution in [1.29, 1.82) is 5.26 Å². The third-order valence-electron chi connectivity index (χ3n) is 3.86. The van der Waals surface area contributed by atoms with Gasteiger partial charge in [-0.1, -0.05) is 39.7 Å². The van der Waals surface area contributed by atoms with Crippen LogP contribution >= 0.6 is 27.5 Å². The molecule has 0 heterocycles. The highest BCUT2D eigenvalue weighted by Gasteiger charge is 2.59. The van der Waals surface area contributed by atoms with E-state index in [-0.39, 0.29) is 10.8 Å². The van der Waals surface area contributed by atoms with Crippen LogP contribution in [0.15, 0.2) is 57.9 Å². The van der Waals surface area contributed by atoms with Crippen molar-refractivity contribution in [3.8, 4) is 6.07 Å². The van der Waals surface area contributed by atoms with Crippen molar-refractivity contribution in [2.24, 2.45) is 5.92 Å². The maximum atomic E-state index is 12.7. The van der Waals surface area contributed by atoms with Gasteiger partial charge in [0, 0.05) is 15.4 Å². The van der Waals surface area contributed by atoms with Gasteiger partial charge in [0.05, 0.1) is 22.1 Å². The summed E-state index contributed by atoms with van der Waals surface area (Å²) in [6.45, 7) is 0. The van der Waals surface area contributed by atoms with Crippen LogP contribution in [0.25, 0.3) is 0 Å². The Bertz CT molecular complexity index is 841. The molecular formula is C16H11BrClNO2S. The minimum Gasteiger partial charge on any atom is -0.223 e. The average Bonchev–Trinajstić information content (AvgIpc) is 3.24. The molecule has 0 aromatic heterocycles. The van der Waals surface area contributed by atoms with Crippen molar-refractivity contribution in [2.75, 3.05) is 0 Å². The van der Waals surface area contributed by atoms with E-state index in [0.717, 1.165) is 10.0 Å². The van der Waals surface area contributed by atoms with Crippen LogP contribution in [0, 0.1) is 17.2 Å². The van der Waals surface area contributed by atoms with E-state index in [2.05, 4.69) is 22.0 Å². The lowest BCUT2D eigenvalue weighted by molar-refractivity contribution is 0.593. The molecule has 0 amide bonds. The number of hydrogen-bond donors (Lipinski definition) is 0. The van der Waals surface area contributed by atoms with E-state index in [1.165, 1.54) is 12.1 Å². The third kappa shape index (κ3) is 2.67. The summed E-state index contributed by atoms with van der Waals surface area (Å²) >= 11 is 9.15. The molecule has 0 aliphatic heterocycles. The van der Waals surface area contributed by atoms with Crippen LogP contribution in [-0.2, 0) is 9.84 Å². The maximum Gasteiger partial charge on any atom is 0.183 e. The second kappa shape index (κ2) is 5.69. The second-order valence-electron chi connectivity index (χ2n) is 5.20. The van der Waals surface area contributed by atoms with Crippen molar-refractivity contribution < 1.29 is 8.42 Å². The highest BCUT2D eigenvalue weighted by Crippen LogP contribution is 2.53. The molecule has 22 heavy (non-hydrogen) atoms. The Morgan fingerprint density at radius 3 is 2.18 bits per heavy atom. The number of benzene rings is 2. The first-order chi connectivity index (χ1) is 10.4. The van der Waals surface area contributed by atoms with Gasteiger partial charge in [-0.3, -0.25) is 0 Å². The number of halogens is 2. The molecule has 1 aliphatic carbocycles. The second-order valence-corrected chi connectivity index (χ2v) is 8.65. The lowest BCUT2D eigenvalue weighted by Gasteiger charge is -2.04. The van der Waals surface area contributed by atoms with E-state index in [1.807, 2.05) is 24.3 Å². The van der Waals surface area contributed by atoms with Gasteiger partial charge in [0.15, 0.2) is 9.84 Å². The van der Waals surface area contributed by atoms with Crippen LogP contribution in [0.4, 0.5) is 0 Å². The SMILES string of the molecule is N#C[C@H]1[C@H](c2ccc(Br)cc2)[C@@H]1S(=O)(=O)c1ccc(Cl)cc1. The molecule has 1 saturated carbocycles. The van der Waals surface area contributed by atoms with Gasteiger partial charge in [0.1, 0.15) is 0 Å². The van der Waals surface area contributed by atoms with Gasteiger partial charge < -0.3 is 0 Å².